The van der Waals surface area contributed by atoms with E-state index in [-0.39, 0.29) is 6.03 Å². The van der Waals surface area contributed by atoms with Gasteiger partial charge in [-0.05, 0) is 49.1 Å². The molecular weight excluding hydrogens is 408 g/mol. The summed E-state index contributed by atoms with van der Waals surface area (Å²) in [5, 5.41) is 12.2. The molecule has 0 saturated carbocycles. The number of carbonyl (C=O) groups is 2. The van der Waals surface area contributed by atoms with Crippen LogP contribution in [-0.4, -0.2) is 54.4 Å². The molecule has 0 aliphatic carbocycles. The molecule has 1 unspecified atom stereocenters. The molecule has 2 N–H and O–H groups in total. The zero-order valence-electron chi connectivity index (χ0n) is 19.3. The van der Waals surface area contributed by atoms with Crippen LogP contribution in [-0.2, 0) is 16.0 Å². The third-order valence-electron chi connectivity index (χ3n) is 4.88. The molecule has 32 heavy (non-hydrogen) atoms. The van der Waals surface area contributed by atoms with Crippen molar-refractivity contribution >= 4 is 17.7 Å². The second-order valence-electron chi connectivity index (χ2n) is 8.06. The first kappa shape index (κ1) is 25.2. The Morgan fingerprint density at radius 1 is 1.09 bits per heavy atom. The molecule has 0 aliphatic heterocycles. The van der Waals surface area contributed by atoms with Gasteiger partial charge >= 0.3 is 12.0 Å². The van der Waals surface area contributed by atoms with Gasteiger partial charge in [-0.2, -0.15) is 0 Å². The molecule has 0 saturated heterocycles. The zero-order valence-corrected chi connectivity index (χ0v) is 19.3. The number of hydrogen-bond donors (Lipinski definition) is 2. The lowest BCUT2D eigenvalue weighted by Crippen LogP contribution is -2.40. The van der Waals surface area contributed by atoms with E-state index >= 15 is 0 Å². The summed E-state index contributed by atoms with van der Waals surface area (Å²) in [7, 11) is 0. The van der Waals surface area contributed by atoms with Crippen LogP contribution < -0.4 is 10.1 Å². The second-order valence-corrected chi connectivity index (χ2v) is 8.06. The molecule has 2 amide bonds. The van der Waals surface area contributed by atoms with Crippen LogP contribution in [0.25, 0.3) is 0 Å². The highest BCUT2D eigenvalue weighted by Gasteiger charge is 2.18. The van der Waals surface area contributed by atoms with Crippen molar-refractivity contribution in [1.82, 2.24) is 4.90 Å². The lowest BCUT2D eigenvalue weighted by Gasteiger charge is -2.25. The summed E-state index contributed by atoms with van der Waals surface area (Å²) in [4.78, 5) is 25.8. The first-order valence-corrected chi connectivity index (χ1v) is 11.0. The van der Waals surface area contributed by atoms with Gasteiger partial charge in [-0.3, -0.25) is 0 Å². The van der Waals surface area contributed by atoms with Gasteiger partial charge in [0.25, 0.3) is 0 Å². The number of ether oxygens (including phenoxy) is 2. The van der Waals surface area contributed by atoms with Crippen molar-refractivity contribution < 1.29 is 24.2 Å². The Balaban J connectivity index is 1.91. The Morgan fingerprint density at radius 3 is 2.38 bits per heavy atom. The van der Waals surface area contributed by atoms with E-state index in [1.807, 2.05) is 43.3 Å². The highest BCUT2D eigenvalue weighted by atomic mass is 16.5. The van der Waals surface area contributed by atoms with Gasteiger partial charge < -0.3 is 24.8 Å². The van der Waals surface area contributed by atoms with Gasteiger partial charge in [0.1, 0.15) is 12.4 Å². The number of nitrogens with zero attached hydrogens (tertiary/aromatic N) is 1. The van der Waals surface area contributed by atoms with Crippen molar-refractivity contribution in [2.45, 2.75) is 40.2 Å². The lowest BCUT2D eigenvalue weighted by atomic mass is 10.1. The third-order valence-corrected chi connectivity index (χ3v) is 4.88. The standard InChI is InChI=1S/C25H34N2O5/c1-5-31-23(24(28)29)16-20-10-12-21(13-11-20)32-15-14-27(17-18(2)3)25(30)26-22-9-7-6-8-19(22)4/h6-13,18,23H,5,14-17H2,1-4H3,(H,26,30)(H,28,29). The van der Waals surface area contributed by atoms with Gasteiger partial charge in [0.05, 0.1) is 6.54 Å². The zero-order chi connectivity index (χ0) is 23.5. The van der Waals surface area contributed by atoms with Crippen LogP contribution in [0.5, 0.6) is 5.75 Å². The summed E-state index contributed by atoms with van der Waals surface area (Å²) in [6.07, 6.45) is -0.562. The predicted molar refractivity (Wildman–Crippen MR) is 125 cm³/mol. The average molecular weight is 443 g/mol. The predicted octanol–water partition coefficient (Wildman–Crippen LogP) is 4.60. The number of benzene rings is 2. The SMILES string of the molecule is CCOC(Cc1ccc(OCCN(CC(C)C)C(=O)Nc2ccccc2C)cc1)C(=O)O. The number of anilines is 1. The van der Waals surface area contributed by atoms with Gasteiger partial charge in [-0.1, -0.05) is 44.2 Å². The molecule has 0 radical (unpaired) electrons. The smallest absolute Gasteiger partial charge is 0.333 e. The normalized spacial score (nSPS) is 11.8. The molecule has 0 aromatic heterocycles. The molecule has 7 nitrogen and oxygen atoms in total. The van der Waals surface area contributed by atoms with Gasteiger partial charge in [-0.15, -0.1) is 0 Å². The quantitative estimate of drug-likeness (QED) is 0.502. The molecule has 174 valence electrons. The first-order valence-electron chi connectivity index (χ1n) is 11.0. The van der Waals surface area contributed by atoms with Gasteiger partial charge in [0, 0.05) is 25.3 Å². The van der Waals surface area contributed by atoms with Crippen molar-refractivity contribution in [2.75, 3.05) is 31.6 Å². The molecule has 0 bridgehead atoms. The average Bonchev–Trinajstić information content (AvgIpc) is 2.75. The van der Waals surface area contributed by atoms with E-state index in [4.69, 9.17) is 9.47 Å². The van der Waals surface area contributed by atoms with Crippen molar-refractivity contribution in [3.63, 3.8) is 0 Å². The summed E-state index contributed by atoms with van der Waals surface area (Å²) < 4.78 is 11.1. The van der Waals surface area contributed by atoms with Crippen molar-refractivity contribution in [2.24, 2.45) is 5.92 Å². The Morgan fingerprint density at radius 2 is 1.78 bits per heavy atom. The number of amides is 2. The molecule has 2 rings (SSSR count). The van der Waals surface area contributed by atoms with Crippen LogP contribution in [0.1, 0.15) is 31.9 Å². The number of hydrogen-bond acceptors (Lipinski definition) is 4. The fourth-order valence-electron chi connectivity index (χ4n) is 3.25. The summed E-state index contributed by atoms with van der Waals surface area (Å²) >= 11 is 0. The fraction of sp³-hybridized carbons (Fsp3) is 0.440. The van der Waals surface area contributed by atoms with Crippen LogP contribution >= 0.6 is 0 Å². The minimum Gasteiger partial charge on any atom is -0.492 e. The molecule has 7 heteroatoms. The van der Waals surface area contributed by atoms with E-state index in [2.05, 4.69) is 19.2 Å². The van der Waals surface area contributed by atoms with E-state index in [9.17, 15) is 14.7 Å². The van der Waals surface area contributed by atoms with Crippen LogP contribution in [0.15, 0.2) is 48.5 Å². The molecule has 0 aliphatic rings. The topological polar surface area (TPSA) is 88.1 Å². The minimum atomic E-state index is -0.971. The number of rotatable bonds is 12. The lowest BCUT2D eigenvalue weighted by molar-refractivity contribution is -0.149. The van der Waals surface area contributed by atoms with Crippen LogP contribution in [0, 0.1) is 12.8 Å². The van der Waals surface area contributed by atoms with E-state index in [1.54, 1.807) is 24.0 Å². The summed E-state index contributed by atoms with van der Waals surface area (Å²) in [6.45, 7) is 9.64. The number of carbonyl (C=O) groups excluding carboxylic acids is 1. The molecular formula is C25H34N2O5. The summed E-state index contributed by atoms with van der Waals surface area (Å²) in [5.41, 5.74) is 2.67. The van der Waals surface area contributed by atoms with Gasteiger partial charge in [0.15, 0.2) is 6.10 Å². The van der Waals surface area contributed by atoms with Crippen molar-refractivity contribution in [3.8, 4) is 5.75 Å². The van der Waals surface area contributed by atoms with Crippen molar-refractivity contribution in [1.29, 1.82) is 0 Å². The Hall–Kier alpha value is -3.06. The summed E-state index contributed by atoms with van der Waals surface area (Å²) in [5.74, 6) is 0.0201. The fourth-order valence-corrected chi connectivity index (χ4v) is 3.25. The third kappa shape index (κ3) is 8.23. The number of aryl methyl sites for hydroxylation is 1. The molecule has 2 aromatic carbocycles. The number of aliphatic carboxylic acids is 1. The maximum absolute atomic E-state index is 12.8. The number of nitrogens with one attached hydrogen (secondary N) is 1. The van der Waals surface area contributed by atoms with Crippen LogP contribution in [0.2, 0.25) is 0 Å². The van der Waals surface area contributed by atoms with E-state index in [1.165, 1.54) is 0 Å². The summed E-state index contributed by atoms with van der Waals surface area (Å²) in [6, 6.07) is 14.8. The number of para-hydroxylation sites is 1. The largest absolute Gasteiger partial charge is 0.492 e. The molecule has 0 spiro atoms. The Bertz CT molecular complexity index is 867. The monoisotopic (exact) mass is 442 g/mol. The van der Waals surface area contributed by atoms with Gasteiger partial charge in [-0.25, -0.2) is 9.59 Å². The number of carboxylic acid groups (broad SMARTS) is 1. The van der Waals surface area contributed by atoms with Gasteiger partial charge in [0.2, 0.25) is 0 Å². The van der Waals surface area contributed by atoms with E-state index < -0.39 is 12.1 Å². The molecule has 0 fully saturated rings. The molecule has 0 heterocycles. The minimum absolute atomic E-state index is 0.150. The van der Waals surface area contributed by atoms with Crippen LogP contribution in [0.4, 0.5) is 10.5 Å². The molecule has 1 atom stereocenters. The van der Waals surface area contributed by atoms with Crippen LogP contribution in [0.3, 0.4) is 0 Å². The Labute approximate surface area is 190 Å². The highest BCUT2D eigenvalue weighted by Crippen LogP contribution is 2.16. The number of urea groups is 1. The number of carboxylic acids is 1. The highest BCUT2D eigenvalue weighted by molar-refractivity contribution is 5.90. The maximum Gasteiger partial charge on any atom is 0.333 e. The maximum atomic E-state index is 12.8. The van der Waals surface area contributed by atoms with Crippen molar-refractivity contribution in [3.05, 3.63) is 59.7 Å². The first-order chi connectivity index (χ1) is 15.3. The van der Waals surface area contributed by atoms with E-state index in [0.29, 0.717) is 44.4 Å². The second kappa shape index (κ2) is 12.7. The molecule has 2 aromatic rings. The Kier molecular flexibility index (Phi) is 10.0. The van der Waals surface area contributed by atoms with E-state index in [0.717, 1.165) is 16.8 Å².